The largest absolute Gasteiger partial charge is 0.468 e. The van der Waals surface area contributed by atoms with Crippen LogP contribution in [0.5, 0.6) is 0 Å². The zero-order valence-corrected chi connectivity index (χ0v) is 10.5. The molecule has 0 radical (unpaired) electrons. The fraction of sp³-hybridized carbons (Fsp3) is 0.429. The topological polar surface area (TPSA) is 47.8 Å². The predicted octanol–water partition coefficient (Wildman–Crippen LogP) is -0.166. The molecule has 1 aliphatic rings. The van der Waals surface area contributed by atoms with Crippen LogP contribution in [0.15, 0.2) is 30.3 Å². The molecule has 4 nitrogen and oxygen atoms in total. The van der Waals surface area contributed by atoms with Crippen molar-refractivity contribution in [1.82, 2.24) is 0 Å². The Morgan fingerprint density at radius 2 is 2.11 bits per heavy atom. The number of likely N-dealkylation sites (tertiary alicyclic amines) is 1. The van der Waals surface area contributed by atoms with E-state index in [-0.39, 0.29) is 5.78 Å². The highest BCUT2D eigenvalue weighted by Gasteiger charge is 2.36. The number of hydrogen-bond donors (Lipinski definition) is 1. The summed E-state index contributed by atoms with van der Waals surface area (Å²) in [5.41, 5.74) is 1.23. The summed E-state index contributed by atoms with van der Waals surface area (Å²) in [7, 11) is 1.33. The number of benzene rings is 1. The van der Waals surface area contributed by atoms with Crippen LogP contribution in [-0.4, -0.2) is 32.0 Å². The fourth-order valence-electron chi connectivity index (χ4n) is 2.38. The van der Waals surface area contributed by atoms with Crippen molar-refractivity contribution in [1.29, 1.82) is 0 Å². The van der Waals surface area contributed by atoms with Crippen molar-refractivity contribution in [3.8, 4) is 0 Å². The number of quaternary nitrogens is 1. The number of Topliss-reactive ketones (excluding diaryl/α,β-unsaturated/α-hetero) is 1. The molecule has 0 amide bonds. The molecule has 1 aromatic rings. The lowest BCUT2D eigenvalue weighted by Gasteiger charge is -2.27. The summed E-state index contributed by atoms with van der Waals surface area (Å²) >= 11 is 0. The lowest BCUT2D eigenvalue weighted by Crippen LogP contribution is -3.13. The van der Waals surface area contributed by atoms with Crippen LogP contribution in [0.25, 0.3) is 0 Å². The van der Waals surface area contributed by atoms with Crippen molar-refractivity contribution in [2.75, 3.05) is 20.2 Å². The van der Waals surface area contributed by atoms with Gasteiger partial charge in [-0.2, -0.15) is 0 Å². The van der Waals surface area contributed by atoms with E-state index in [2.05, 4.69) is 16.9 Å². The third-order valence-electron chi connectivity index (χ3n) is 3.39. The quantitative estimate of drug-likeness (QED) is 0.597. The molecule has 0 spiro atoms. The van der Waals surface area contributed by atoms with E-state index in [0.717, 1.165) is 13.1 Å². The van der Waals surface area contributed by atoms with E-state index < -0.39 is 11.9 Å². The highest BCUT2D eigenvalue weighted by Crippen LogP contribution is 2.06. The van der Waals surface area contributed by atoms with E-state index in [1.165, 1.54) is 17.6 Å². The second-order valence-corrected chi connectivity index (χ2v) is 4.66. The van der Waals surface area contributed by atoms with Crippen molar-refractivity contribution in [3.63, 3.8) is 0 Å². The van der Waals surface area contributed by atoms with Crippen LogP contribution in [0.2, 0.25) is 0 Å². The molecule has 1 unspecified atom stereocenters. The number of piperidine rings is 1. The first-order valence-corrected chi connectivity index (χ1v) is 6.18. The number of ketones is 1. The van der Waals surface area contributed by atoms with Gasteiger partial charge in [-0.15, -0.1) is 0 Å². The molecular weight excluding hydrogens is 230 g/mol. The Morgan fingerprint density at radius 1 is 1.39 bits per heavy atom. The Morgan fingerprint density at radius 3 is 2.78 bits per heavy atom. The van der Waals surface area contributed by atoms with Gasteiger partial charge in [0, 0.05) is 5.56 Å². The first-order chi connectivity index (χ1) is 8.70. The molecule has 1 saturated heterocycles. The Bertz CT molecular complexity index is 422. The zero-order valence-electron chi connectivity index (χ0n) is 10.5. The average Bonchev–Trinajstić information content (AvgIpc) is 2.41. The third kappa shape index (κ3) is 2.96. The van der Waals surface area contributed by atoms with E-state index in [1.807, 2.05) is 18.2 Å². The third-order valence-corrected chi connectivity index (χ3v) is 3.39. The minimum absolute atomic E-state index is 0.0126. The molecule has 0 bridgehead atoms. The molecule has 0 saturated carbocycles. The van der Waals surface area contributed by atoms with Crippen molar-refractivity contribution < 1.29 is 19.2 Å². The van der Waals surface area contributed by atoms with Gasteiger partial charge < -0.3 is 9.64 Å². The summed E-state index contributed by atoms with van der Waals surface area (Å²) in [6.07, 6.45) is 0.460. The van der Waals surface area contributed by atoms with Crippen LogP contribution < -0.4 is 4.90 Å². The Balaban J connectivity index is 1.99. The number of methoxy groups -OCH3 is 1. The number of ether oxygens (including phenoxy) is 1. The molecule has 1 fully saturated rings. The van der Waals surface area contributed by atoms with Gasteiger partial charge in [0.2, 0.25) is 0 Å². The normalized spacial score (nSPS) is 23.7. The number of esters is 1. The Labute approximate surface area is 107 Å². The molecule has 0 aliphatic carbocycles. The monoisotopic (exact) mass is 248 g/mol. The molecular formula is C14H18NO3+. The molecule has 1 heterocycles. The summed E-state index contributed by atoms with van der Waals surface area (Å²) in [4.78, 5) is 24.5. The van der Waals surface area contributed by atoms with Gasteiger partial charge in [0.1, 0.15) is 6.54 Å². The number of rotatable bonds is 3. The van der Waals surface area contributed by atoms with Crippen LogP contribution in [0.1, 0.15) is 12.0 Å². The van der Waals surface area contributed by atoms with Crippen LogP contribution in [-0.2, 0) is 20.9 Å². The summed E-state index contributed by atoms with van der Waals surface area (Å²) in [6, 6.07) is 10.1. The van der Waals surface area contributed by atoms with Gasteiger partial charge in [0.05, 0.1) is 26.6 Å². The lowest BCUT2D eigenvalue weighted by atomic mass is 9.96. The standard InChI is InChI=1S/C14H17NO3/c1-18-14(17)12-10-15(8-7-13(12)16)9-11-5-3-2-4-6-11/h2-6,12H,7-10H2,1H3/p+1/t12-/m1/s1. The highest BCUT2D eigenvalue weighted by atomic mass is 16.5. The van der Waals surface area contributed by atoms with Gasteiger partial charge in [0.25, 0.3) is 0 Å². The molecule has 0 aromatic heterocycles. The minimum Gasteiger partial charge on any atom is -0.468 e. The summed E-state index contributed by atoms with van der Waals surface area (Å²) in [5, 5.41) is 0. The number of nitrogens with one attached hydrogen (secondary N) is 1. The van der Waals surface area contributed by atoms with Gasteiger partial charge in [-0.05, 0) is 0 Å². The van der Waals surface area contributed by atoms with Gasteiger partial charge in [0.15, 0.2) is 11.7 Å². The van der Waals surface area contributed by atoms with E-state index in [9.17, 15) is 9.59 Å². The van der Waals surface area contributed by atoms with Crippen LogP contribution in [0, 0.1) is 5.92 Å². The van der Waals surface area contributed by atoms with E-state index in [4.69, 9.17) is 0 Å². The van der Waals surface area contributed by atoms with Crippen molar-refractivity contribution >= 4 is 11.8 Å². The molecule has 2 rings (SSSR count). The molecule has 2 atom stereocenters. The van der Waals surface area contributed by atoms with Crippen molar-refractivity contribution in [3.05, 3.63) is 35.9 Å². The highest BCUT2D eigenvalue weighted by molar-refractivity contribution is 5.99. The van der Waals surface area contributed by atoms with Crippen LogP contribution in [0.3, 0.4) is 0 Å². The molecule has 18 heavy (non-hydrogen) atoms. The number of hydrogen-bond acceptors (Lipinski definition) is 3. The van der Waals surface area contributed by atoms with E-state index in [0.29, 0.717) is 13.0 Å². The van der Waals surface area contributed by atoms with Crippen LogP contribution in [0.4, 0.5) is 0 Å². The maximum absolute atomic E-state index is 11.7. The zero-order chi connectivity index (χ0) is 13.0. The Kier molecular flexibility index (Phi) is 4.10. The van der Waals surface area contributed by atoms with E-state index >= 15 is 0 Å². The first kappa shape index (κ1) is 12.8. The number of carbonyl (C=O) groups is 2. The fourth-order valence-corrected chi connectivity index (χ4v) is 2.38. The Hall–Kier alpha value is -1.68. The predicted molar refractivity (Wildman–Crippen MR) is 66.0 cm³/mol. The first-order valence-electron chi connectivity index (χ1n) is 6.18. The number of carbonyl (C=O) groups excluding carboxylic acids is 2. The molecule has 1 aliphatic heterocycles. The summed E-state index contributed by atoms with van der Waals surface area (Å²) in [6.45, 7) is 2.18. The summed E-state index contributed by atoms with van der Waals surface area (Å²) < 4.78 is 4.69. The minimum atomic E-state index is -0.581. The van der Waals surface area contributed by atoms with Crippen molar-refractivity contribution in [2.45, 2.75) is 13.0 Å². The van der Waals surface area contributed by atoms with E-state index in [1.54, 1.807) is 0 Å². The van der Waals surface area contributed by atoms with Gasteiger partial charge in [-0.25, -0.2) is 0 Å². The second kappa shape index (κ2) is 5.78. The van der Waals surface area contributed by atoms with Gasteiger partial charge in [-0.1, -0.05) is 30.3 Å². The van der Waals surface area contributed by atoms with Gasteiger partial charge >= 0.3 is 5.97 Å². The summed E-state index contributed by atoms with van der Waals surface area (Å²) in [5.74, 6) is -0.966. The average molecular weight is 248 g/mol. The maximum Gasteiger partial charge on any atom is 0.322 e. The molecule has 4 heteroatoms. The maximum atomic E-state index is 11.7. The molecule has 1 aromatic carbocycles. The van der Waals surface area contributed by atoms with Gasteiger partial charge in [-0.3, -0.25) is 9.59 Å². The lowest BCUT2D eigenvalue weighted by molar-refractivity contribution is -0.917. The van der Waals surface area contributed by atoms with Crippen molar-refractivity contribution in [2.24, 2.45) is 5.92 Å². The smallest absolute Gasteiger partial charge is 0.322 e. The van der Waals surface area contributed by atoms with Crippen LogP contribution >= 0.6 is 0 Å². The second-order valence-electron chi connectivity index (χ2n) is 4.66. The molecule has 96 valence electrons. The SMILES string of the molecule is COC(=O)[C@@H]1C[NH+](Cc2ccccc2)CCC1=O. The molecule has 1 N–H and O–H groups in total.